The molecule has 0 unspecified atom stereocenters. The van der Waals surface area contributed by atoms with Gasteiger partial charge in [-0.2, -0.15) is 5.10 Å². The molecule has 0 saturated heterocycles. The molecule has 0 saturated carbocycles. The van der Waals surface area contributed by atoms with E-state index in [0.717, 1.165) is 18.7 Å². The van der Waals surface area contributed by atoms with Gasteiger partial charge in [-0.1, -0.05) is 0 Å². The van der Waals surface area contributed by atoms with Crippen LogP contribution in [0.4, 0.5) is 15.8 Å². The predicted molar refractivity (Wildman–Crippen MR) is 86.1 cm³/mol. The van der Waals surface area contributed by atoms with Gasteiger partial charge in [-0.15, -0.1) is 0 Å². The van der Waals surface area contributed by atoms with E-state index in [-0.39, 0.29) is 24.1 Å². The third-order valence-electron chi connectivity index (χ3n) is 4.21. The Labute approximate surface area is 134 Å². The van der Waals surface area contributed by atoms with E-state index in [1.54, 1.807) is 18.0 Å². The topological polar surface area (TPSA) is 56.2 Å². The van der Waals surface area contributed by atoms with E-state index in [4.69, 9.17) is 0 Å². The van der Waals surface area contributed by atoms with Crippen molar-refractivity contribution in [2.45, 2.75) is 19.3 Å². The van der Waals surface area contributed by atoms with Crippen LogP contribution < -0.4 is 9.80 Å². The van der Waals surface area contributed by atoms with Crippen LogP contribution >= 0.6 is 0 Å². The second-order valence-electron chi connectivity index (χ2n) is 5.83. The van der Waals surface area contributed by atoms with Gasteiger partial charge < -0.3 is 9.80 Å². The number of benzene rings is 1. The summed E-state index contributed by atoms with van der Waals surface area (Å²) in [5.74, 6) is -0.746. The highest BCUT2D eigenvalue weighted by Gasteiger charge is 2.30. The Balaban J connectivity index is 1.98. The van der Waals surface area contributed by atoms with Gasteiger partial charge in [-0.25, -0.2) is 9.40 Å². The van der Waals surface area contributed by atoms with E-state index >= 15 is 0 Å². The molecular weight excluding hydrogens is 299 g/mol. The number of hydrazone groups is 1. The first-order valence-corrected chi connectivity index (χ1v) is 7.64. The van der Waals surface area contributed by atoms with Crippen LogP contribution in [0, 0.1) is 5.82 Å². The van der Waals surface area contributed by atoms with E-state index < -0.39 is 0 Å². The molecule has 0 aliphatic carbocycles. The molecule has 3 rings (SSSR count). The fourth-order valence-corrected chi connectivity index (χ4v) is 2.93. The van der Waals surface area contributed by atoms with Gasteiger partial charge in [0.2, 0.25) is 5.91 Å². The highest BCUT2D eigenvalue weighted by Crippen LogP contribution is 2.32. The van der Waals surface area contributed by atoms with Crippen LogP contribution in [0.15, 0.2) is 23.3 Å². The molecule has 0 fully saturated rings. The van der Waals surface area contributed by atoms with Crippen LogP contribution in [0.25, 0.3) is 0 Å². The molecule has 7 heteroatoms. The summed E-state index contributed by atoms with van der Waals surface area (Å²) < 4.78 is 13.7. The van der Waals surface area contributed by atoms with E-state index in [2.05, 4.69) is 5.10 Å². The van der Waals surface area contributed by atoms with E-state index in [0.29, 0.717) is 24.4 Å². The summed E-state index contributed by atoms with van der Waals surface area (Å²) in [7, 11) is 3.47. The summed E-state index contributed by atoms with van der Waals surface area (Å²) in [6.07, 6.45) is 1.37. The Morgan fingerprint density at radius 1 is 1.17 bits per heavy atom. The second-order valence-corrected chi connectivity index (χ2v) is 5.83. The smallest absolute Gasteiger partial charge is 0.274 e. The largest absolute Gasteiger partial charge is 0.373 e. The average molecular weight is 318 g/mol. The average Bonchev–Trinajstić information content (AvgIpc) is 2.68. The molecule has 0 bridgehead atoms. The van der Waals surface area contributed by atoms with Crippen molar-refractivity contribution in [3.63, 3.8) is 0 Å². The zero-order valence-corrected chi connectivity index (χ0v) is 13.3. The van der Waals surface area contributed by atoms with Crippen molar-refractivity contribution in [3.05, 3.63) is 24.0 Å². The molecule has 0 atom stereocenters. The summed E-state index contributed by atoms with van der Waals surface area (Å²) in [4.78, 5) is 28.0. The standard InChI is InChI=1S/C16H19FN4O2/c1-19-8-3-9-21(14-10-11(17)4-6-13(14)19)16(23)12-5-7-15(22)20(2)18-12/h4,6,10H,3,5,7-9H2,1-2H3. The predicted octanol–water partition coefficient (Wildman–Crippen LogP) is 1.61. The Kier molecular flexibility index (Phi) is 4.02. The van der Waals surface area contributed by atoms with Gasteiger partial charge in [0, 0.05) is 40.0 Å². The van der Waals surface area contributed by atoms with Crippen molar-refractivity contribution in [2.75, 3.05) is 37.0 Å². The van der Waals surface area contributed by atoms with Crippen molar-refractivity contribution in [1.29, 1.82) is 0 Å². The fraction of sp³-hybridized carbons (Fsp3) is 0.438. The third kappa shape index (κ3) is 2.91. The monoisotopic (exact) mass is 318 g/mol. The van der Waals surface area contributed by atoms with Gasteiger partial charge >= 0.3 is 0 Å². The second kappa shape index (κ2) is 5.98. The zero-order valence-electron chi connectivity index (χ0n) is 13.3. The van der Waals surface area contributed by atoms with Crippen molar-refractivity contribution in [2.24, 2.45) is 5.10 Å². The van der Waals surface area contributed by atoms with Crippen LogP contribution in [0.3, 0.4) is 0 Å². The molecule has 0 aromatic heterocycles. The Bertz CT molecular complexity index is 689. The van der Waals surface area contributed by atoms with Gasteiger partial charge in [-0.3, -0.25) is 9.59 Å². The van der Waals surface area contributed by atoms with Crippen LogP contribution in [0.2, 0.25) is 0 Å². The molecule has 1 aromatic rings. The molecule has 1 aromatic carbocycles. The molecule has 2 aliphatic rings. The Morgan fingerprint density at radius 2 is 1.96 bits per heavy atom. The van der Waals surface area contributed by atoms with Gasteiger partial charge in [0.15, 0.2) is 0 Å². The van der Waals surface area contributed by atoms with Gasteiger partial charge in [0.25, 0.3) is 5.91 Å². The Hall–Kier alpha value is -2.44. The number of hydrogen-bond acceptors (Lipinski definition) is 4. The number of anilines is 2. The fourth-order valence-electron chi connectivity index (χ4n) is 2.93. The maximum atomic E-state index is 13.7. The molecule has 23 heavy (non-hydrogen) atoms. The van der Waals surface area contributed by atoms with Gasteiger partial charge in [-0.05, 0) is 24.6 Å². The zero-order chi connectivity index (χ0) is 16.6. The minimum absolute atomic E-state index is 0.108. The molecular formula is C16H19FN4O2. The molecule has 0 radical (unpaired) electrons. The number of fused-ring (bicyclic) bond motifs is 1. The quantitative estimate of drug-likeness (QED) is 0.790. The number of nitrogens with zero attached hydrogens (tertiary/aromatic N) is 4. The maximum absolute atomic E-state index is 13.7. The highest BCUT2D eigenvalue weighted by atomic mass is 19.1. The maximum Gasteiger partial charge on any atom is 0.274 e. The SMILES string of the molecule is CN1N=C(C(=O)N2CCCN(C)c3ccc(F)cc32)CCC1=O. The van der Waals surface area contributed by atoms with Crippen LogP contribution in [-0.4, -0.2) is 49.7 Å². The molecule has 2 heterocycles. The lowest BCUT2D eigenvalue weighted by Crippen LogP contribution is -2.41. The van der Waals surface area contributed by atoms with Crippen LogP contribution in [-0.2, 0) is 9.59 Å². The Morgan fingerprint density at radius 3 is 2.70 bits per heavy atom. The van der Waals surface area contributed by atoms with Crippen LogP contribution in [0.5, 0.6) is 0 Å². The lowest BCUT2D eigenvalue weighted by atomic mass is 10.1. The molecule has 2 aliphatic heterocycles. The molecule has 0 spiro atoms. The number of rotatable bonds is 1. The lowest BCUT2D eigenvalue weighted by Gasteiger charge is -2.26. The van der Waals surface area contributed by atoms with Crippen LogP contribution in [0.1, 0.15) is 19.3 Å². The number of carbonyl (C=O) groups is 2. The number of amides is 2. The first-order valence-electron chi connectivity index (χ1n) is 7.64. The summed E-state index contributed by atoms with van der Waals surface area (Å²) >= 11 is 0. The first kappa shape index (κ1) is 15.5. The van der Waals surface area contributed by atoms with Gasteiger partial charge in [0.1, 0.15) is 11.5 Å². The summed E-state index contributed by atoms with van der Waals surface area (Å²) in [5.41, 5.74) is 1.71. The molecule has 0 N–H and O–H groups in total. The minimum atomic E-state index is -0.380. The number of carbonyl (C=O) groups excluding carboxylic acids is 2. The minimum Gasteiger partial charge on any atom is -0.373 e. The van der Waals surface area contributed by atoms with E-state index in [9.17, 15) is 14.0 Å². The number of halogens is 1. The normalized spacial score (nSPS) is 18.5. The lowest BCUT2D eigenvalue weighted by molar-refractivity contribution is -0.130. The first-order chi connectivity index (χ1) is 11.0. The molecule has 6 nitrogen and oxygen atoms in total. The van der Waals surface area contributed by atoms with Crippen molar-refractivity contribution in [1.82, 2.24) is 5.01 Å². The number of hydrogen-bond donors (Lipinski definition) is 0. The van der Waals surface area contributed by atoms with Crippen molar-refractivity contribution < 1.29 is 14.0 Å². The summed E-state index contributed by atoms with van der Waals surface area (Å²) in [6.45, 7) is 1.28. The van der Waals surface area contributed by atoms with Gasteiger partial charge in [0.05, 0.1) is 11.4 Å². The summed E-state index contributed by atoms with van der Waals surface area (Å²) in [6, 6.07) is 4.47. The highest BCUT2D eigenvalue weighted by molar-refractivity contribution is 6.44. The summed E-state index contributed by atoms with van der Waals surface area (Å²) in [5, 5.41) is 5.29. The van der Waals surface area contributed by atoms with Crippen molar-refractivity contribution >= 4 is 28.9 Å². The van der Waals surface area contributed by atoms with E-state index in [1.807, 2.05) is 11.9 Å². The molecule has 122 valence electrons. The van der Waals surface area contributed by atoms with E-state index in [1.165, 1.54) is 17.1 Å². The van der Waals surface area contributed by atoms with Crippen molar-refractivity contribution in [3.8, 4) is 0 Å². The molecule has 2 amide bonds. The third-order valence-corrected chi connectivity index (χ3v) is 4.21.